The highest BCUT2D eigenvalue weighted by atomic mass is 15.2. The average molecular weight is 207 g/mol. The Morgan fingerprint density at radius 3 is 2.60 bits per heavy atom. The molecule has 3 heteroatoms. The molecule has 0 saturated heterocycles. The van der Waals surface area contributed by atoms with Crippen LogP contribution in [0.25, 0.3) is 0 Å². The number of hydrogen-bond acceptors (Lipinski definition) is 3. The fraction of sp³-hybridized carbons (Fsp3) is 0.583. The summed E-state index contributed by atoms with van der Waals surface area (Å²) in [6.07, 6.45) is 3.70. The van der Waals surface area contributed by atoms with Gasteiger partial charge in [-0.25, -0.2) is 0 Å². The molecular formula is C12H21N3. The summed E-state index contributed by atoms with van der Waals surface area (Å²) < 4.78 is 0. The van der Waals surface area contributed by atoms with E-state index >= 15 is 0 Å². The number of aromatic nitrogens is 1. The van der Waals surface area contributed by atoms with E-state index in [1.807, 2.05) is 12.3 Å². The summed E-state index contributed by atoms with van der Waals surface area (Å²) in [5, 5.41) is 3.47. The van der Waals surface area contributed by atoms with Gasteiger partial charge in [-0.15, -0.1) is 0 Å². The number of hydrogen-bond donors (Lipinski definition) is 1. The molecule has 0 aliphatic carbocycles. The SMILES string of the molecule is CCN(CNC(C)(C)C)c1cccnc1. The van der Waals surface area contributed by atoms with Gasteiger partial charge in [0.2, 0.25) is 0 Å². The molecule has 1 aromatic rings. The van der Waals surface area contributed by atoms with Crippen LogP contribution >= 0.6 is 0 Å². The lowest BCUT2D eigenvalue weighted by atomic mass is 10.1. The molecule has 0 bridgehead atoms. The molecule has 0 atom stereocenters. The molecule has 0 aliphatic rings. The zero-order valence-electron chi connectivity index (χ0n) is 10.1. The van der Waals surface area contributed by atoms with E-state index in [-0.39, 0.29) is 5.54 Å². The first kappa shape index (κ1) is 12.0. The molecule has 0 radical (unpaired) electrons. The van der Waals surface area contributed by atoms with E-state index in [1.165, 1.54) is 0 Å². The normalized spacial score (nSPS) is 11.5. The van der Waals surface area contributed by atoms with Crippen molar-refractivity contribution in [3.63, 3.8) is 0 Å². The van der Waals surface area contributed by atoms with Crippen LogP contribution in [0.15, 0.2) is 24.5 Å². The second-order valence-corrected chi connectivity index (χ2v) is 4.65. The maximum absolute atomic E-state index is 4.13. The largest absolute Gasteiger partial charge is 0.358 e. The lowest BCUT2D eigenvalue weighted by Crippen LogP contribution is -2.44. The lowest BCUT2D eigenvalue weighted by molar-refractivity contribution is 0.424. The Kier molecular flexibility index (Phi) is 4.09. The van der Waals surface area contributed by atoms with E-state index in [0.717, 1.165) is 18.9 Å². The van der Waals surface area contributed by atoms with Crippen LogP contribution in [0.3, 0.4) is 0 Å². The third-order valence-electron chi connectivity index (χ3n) is 2.19. The van der Waals surface area contributed by atoms with Crippen molar-refractivity contribution in [1.82, 2.24) is 10.3 Å². The minimum absolute atomic E-state index is 0.148. The van der Waals surface area contributed by atoms with Gasteiger partial charge in [-0.3, -0.25) is 10.3 Å². The van der Waals surface area contributed by atoms with E-state index in [1.54, 1.807) is 6.20 Å². The monoisotopic (exact) mass is 207 g/mol. The molecular weight excluding hydrogens is 186 g/mol. The van der Waals surface area contributed by atoms with Gasteiger partial charge in [-0.2, -0.15) is 0 Å². The molecule has 0 saturated carbocycles. The van der Waals surface area contributed by atoms with Gasteiger partial charge in [-0.05, 0) is 39.8 Å². The summed E-state index contributed by atoms with van der Waals surface area (Å²) in [6.45, 7) is 10.5. The number of nitrogens with one attached hydrogen (secondary N) is 1. The third-order valence-corrected chi connectivity index (χ3v) is 2.19. The molecule has 1 N–H and O–H groups in total. The predicted octanol–water partition coefficient (Wildman–Crippen LogP) is 2.25. The molecule has 0 amide bonds. The Morgan fingerprint density at radius 1 is 1.40 bits per heavy atom. The Bertz CT molecular complexity index is 277. The van der Waals surface area contributed by atoms with Crippen LogP contribution in [0.1, 0.15) is 27.7 Å². The number of anilines is 1. The number of nitrogens with zero attached hydrogens (tertiary/aromatic N) is 2. The van der Waals surface area contributed by atoms with Crippen molar-refractivity contribution in [2.45, 2.75) is 33.2 Å². The maximum atomic E-state index is 4.13. The van der Waals surface area contributed by atoms with E-state index in [9.17, 15) is 0 Å². The summed E-state index contributed by atoms with van der Waals surface area (Å²) in [5.74, 6) is 0. The molecule has 0 aromatic carbocycles. The molecule has 1 heterocycles. The van der Waals surface area contributed by atoms with Crippen molar-refractivity contribution in [2.24, 2.45) is 0 Å². The van der Waals surface area contributed by atoms with E-state index in [0.29, 0.717) is 0 Å². The Labute approximate surface area is 92.5 Å². The van der Waals surface area contributed by atoms with E-state index < -0.39 is 0 Å². The maximum Gasteiger partial charge on any atom is 0.0686 e. The predicted molar refractivity (Wildman–Crippen MR) is 65.0 cm³/mol. The van der Waals surface area contributed by atoms with Crippen LogP contribution in [-0.4, -0.2) is 23.7 Å². The van der Waals surface area contributed by atoms with Gasteiger partial charge in [0, 0.05) is 18.3 Å². The highest BCUT2D eigenvalue weighted by Crippen LogP contribution is 2.10. The van der Waals surface area contributed by atoms with Crippen molar-refractivity contribution in [1.29, 1.82) is 0 Å². The Morgan fingerprint density at radius 2 is 2.13 bits per heavy atom. The topological polar surface area (TPSA) is 28.2 Å². The first-order valence-electron chi connectivity index (χ1n) is 5.43. The molecule has 1 aromatic heterocycles. The Hall–Kier alpha value is -1.09. The number of pyridine rings is 1. The molecule has 0 spiro atoms. The molecule has 0 unspecified atom stereocenters. The van der Waals surface area contributed by atoms with Gasteiger partial charge in [0.25, 0.3) is 0 Å². The van der Waals surface area contributed by atoms with Crippen molar-refractivity contribution in [3.05, 3.63) is 24.5 Å². The molecule has 0 aliphatic heterocycles. The van der Waals surface area contributed by atoms with Crippen LogP contribution in [0.4, 0.5) is 5.69 Å². The summed E-state index contributed by atoms with van der Waals surface area (Å²) in [7, 11) is 0. The van der Waals surface area contributed by atoms with Crippen LogP contribution in [0.5, 0.6) is 0 Å². The zero-order chi connectivity index (χ0) is 11.3. The van der Waals surface area contributed by atoms with Gasteiger partial charge in [0.1, 0.15) is 0 Å². The van der Waals surface area contributed by atoms with E-state index in [2.05, 4.69) is 49.0 Å². The molecule has 84 valence electrons. The Balaban J connectivity index is 2.58. The second kappa shape index (κ2) is 5.12. The van der Waals surface area contributed by atoms with Gasteiger partial charge in [0.15, 0.2) is 0 Å². The second-order valence-electron chi connectivity index (χ2n) is 4.65. The van der Waals surface area contributed by atoms with Crippen molar-refractivity contribution in [3.8, 4) is 0 Å². The molecule has 3 nitrogen and oxygen atoms in total. The fourth-order valence-corrected chi connectivity index (χ4v) is 1.26. The summed E-state index contributed by atoms with van der Waals surface area (Å²) in [6, 6.07) is 4.05. The summed E-state index contributed by atoms with van der Waals surface area (Å²) in [4.78, 5) is 6.39. The highest BCUT2D eigenvalue weighted by Gasteiger charge is 2.11. The van der Waals surface area contributed by atoms with Crippen LogP contribution in [-0.2, 0) is 0 Å². The molecule has 0 fully saturated rings. The zero-order valence-corrected chi connectivity index (χ0v) is 10.1. The third kappa shape index (κ3) is 4.30. The van der Waals surface area contributed by atoms with Gasteiger partial charge < -0.3 is 4.90 Å². The average Bonchev–Trinajstić information content (AvgIpc) is 2.19. The van der Waals surface area contributed by atoms with E-state index in [4.69, 9.17) is 0 Å². The standard InChI is InChI=1S/C12H21N3/c1-5-15(10-14-12(2,3)4)11-7-6-8-13-9-11/h6-9,14H,5,10H2,1-4H3. The first-order chi connectivity index (χ1) is 7.03. The van der Waals surface area contributed by atoms with Crippen LogP contribution in [0, 0.1) is 0 Å². The fourth-order valence-electron chi connectivity index (χ4n) is 1.26. The smallest absolute Gasteiger partial charge is 0.0686 e. The highest BCUT2D eigenvalue weighted by molar-refractivity contribution is 5.43. The minimum Gasteiger partial charge on any atom is -0.358 e. The van der Waals surface area contributed by atoms with Gasteiger partial charge in [0.05, 0.1) is 18.6 Å². The lowest BCUT2D eigenvalue weighted by Gasteiger charge is -2.28. The summed E-state index contributed by atoms with van der Waals surface area (Å²) in [5.41, 5.74) is 1.31. The first-order valence-corrected chi connectivity index (χ1v) is 5.43. The molecule has 15 heavy (non-hydrogen) atoms. The number of rotatable bonds is 4. The van der Waals surface area contributed by atoms with Crippen molar-refractivity contribution < 1.29 is 0 Å². The van der Waals surface area contributed by atoms with Crippen molar-refractivity contribution in [2.75, 3.05) is 18.1 Å². The van der Waals surface area contributed by atoms with Gasteiger partial charge in [-0.1, -0.05) is 0 Å². The summed E-state index contributed by atoms with van der Waals surface area (Å²) >= 11 is 0. The minimum atomic E-state index is 0.148. The van der Waals surface area contributed by atoms with Crippen LogP contribution in [0.2, 0.25) is 0 Å². The molecule has 1 rings (SSSR count). The van der Waals surface area contributed by atoms with Crippen molar-refractivity contribution >= 4 is 5.69 Å². The van der Waals surface area contributed by atoms with Gasteiger partial charge >= 0.3 is 0 Å². The quantitative estimate of drug-likeness (QED) is 0.768. The van der Waals surface area contributed by atoms with Crippen LogP contribution < -0.4 is 10.2 Å².